The van der Waals surface area contributed by atoms with E-state index in [4.69, 9.17) is 9.31 Å². The second-order valence-electron chi connectivity index (χ2n) is 27.4. The number of rotatable bonds is 17. The van der Waals surface area contributed by atoms with Crippen LogP contribution in [0.5, 0.6) is 11.5 Å². The van der Waals surface area contributed by atoms with E-state index in [2.05, 4.69) is 209 Å². The summed E-state index contributed by atoms with van der Waals surface area (Å²) in [6.07, 6.45) is 0. The van der Waals surface area contributed by atoms with E-state index in [1.807, 2.05) is 0 Å². The van der Waals surface area contributed by atoms with E-state index in [9.17, 15) is 0 Å². The van der Waals surface area contributed by atoms with Gasteiger partial charge in [-0.1, -0.05) is 227 Å². The maximum absolute atomic E-state index is 7.60. The summed E-state index contributed by atoms with van der Waals surface area (Å²) in [6.45, 7) is 79.4. The van der Waals surface area contributed by atoms with Crippen molar-refractivity contribution in [2.24, 2.45) is 0 Å². The molecule has 0 fully saturated rings. The Balaban J connectivity index is 3.83. The van der Waals surface area contributed by atoms with Crippen LogP contribution in [0.3, 0.4) is 0 Å². The summed E-state index contributed by atoms with van der Waals surface area (Å²) >= 11 is 0. The molecule has 0 N–H and O–H groups in total. The zero-order valence-electron chi connectivity index (χ0n) is 42.2. The molecule has 0 aliphatic carbocycles. The molecule has 0 bridgehead atoms. The van der Waals surface area contributed by atoms with Crippen molar-refractivity contribution in [2.75, 3.05) is 0 Å². The molecule has 1 heterocycles. The fraction of sp³-hybridized carbons (Fsp3) is 0.850. The molecule has 0 saturated heterocycles. The minimum atomic E-state index is -2.28. The topological polar surface area (TPSA) is 18.5 Å². The summed E-state index contributed by atoms with van der Waals surface area (Å²) < 4.78 is 15.2. The van der Waals surface area contributed by atoms with E-state index in [-0.39, 0.29) is 6.71 Å². The lowest BCUT2D eigenvalue weighted by molar-refractivity contribution is 0.527. The molecule has 0 amide bonds. The Bertz CT molecular complexity index is 1350. The molecule has 0 atom stereocenters. The average molecular weight is 955 g/mol. The predicted octanol–water partition coefficient (Wildman–Crippen LogP) is 14.5. The zero-order chi connectivity index (χ0) is 43.7. The molecule has 1 aromatic carbocycles. The normalized spacial score (nSPS) is 16.6. The molecule has 1 aliphatic heterocycles. The highest BCUT2D eigenvalue weighted by Crippen LogP contribution is 2.59. The molecular formula is C40H94BO2Si12. The lowest BCUT2D eigenvalue weighted by Crippen LogP contribution is -2.80. The third-order valence-electron chi connectivity index (χ3n) is 13.1. The Kier molecular flexibility index (Phi) is 16.3. The average Bonchev–Trinajstić information content (AvgIpc) is 3.28. The van der Waals surface area contributed by atoms with Crippen LogP contribution < -0.4 is 9.31 Å². The fourth-order valence-corrected chi connectivity index (χ4v) is 214. The number of benzene rings is 1. The highest BCUT2D eigenvalue weighted by molar-refractivity contribution is 7.71. The van der Waals surface area contributed by atoms with Gasteiger partial charge in [0.2, 0.25) is 0 Å². The molecule has 1 radical (unpaired) electrons. The second-order valence-corrected chi connectivity index (χ2v) is 99.6. The van der Waals surface area contributed by atoms with Gasteiger partial charge in [-0.05, 0) is 20.3 Å². The van der Waals surface area contributed by atoms with Crippen molar-refractivity contribution in [3.63, 3.8) is 0 Å². The Labute approximate surface area is 359 Å². The van der Waals surface area contributed by atoms with E-state index in [1.54, 1.807) is 0 Å². The smallest absolute Gasteiger partial charge is 0.524 e. The molecule has 1 aliphatic rings. The van der Waals surface area contributed by atoms with Gasteiger partial charge in [0.1, 0.15) is 11.5 Å². The SMILES string of the molecule is CC(C)[Si]([Si]=[Si](B1Oc2ccccc2O1)[Si](C(C)C)(C([Si](C)(C)C)[Si](C)(C)C)C([Si](C)(C)C)[Si](C)(C)C)(C([Si](C)(C)C)[Si](C)(C)C)C([Si](C)(C)C)[Si](C)(C)C. The largest absolute Gasteiger partial charge is 0.575 e. The molecule has 0 unspecified atom stereocenters. The lowest BCUT2D eigenvalue weighted by atomic mass is 10.3. The van der Waals surface area contributed by atoms with E-state index < -0.39 is 87.1 Å². The monoisotopic (exact) mass is 953 g/mol. The summed E-state index contributed by atoms with van der Waals surface area (Å²) in [4.78, 5) is 3.82. The molecule has 2 nitrogen and oxygen atoms in total. The molecule has 55 heavy (non-hydrogen) atoms. The van der Waals surface area contributed by atoms with Gasteiger partial charge in [0, 0.05) is 64.6 Å². The first kappa shape index (κ1) is 52.6. The van der Waals surface area contributed by atoms with E-state index in [1.165, 1.54) is 0 Å². The minimum Gasteiger partial charge on any atom is -0.524 e. The third-order valence-corrected chi connectivity index (χ3v) is 124. The van der Waals surface area contributed by atoms with Gasteiger partial charge in [0.15, 0.2) is 0 Å². The fourth-order valence-electron chi connectivity index (χ4n) is 15.1. The number of fused-ring (bicyclic) bond motifs is 1. The molecule has 0 spiro atoms. The van der Waals surface area contributed by atoms with Crippen molar-refractivity contribution in [2.45, 2.75) is 215 Å². The Morgan fingerprint density at radius 1 is 0.418 bits per heavy atom. The summed E-state index contributed by atoms with van der Waals surface area (Å²) in [7, 11) is -17.9. The van der Waals surface area contributed by atoms with Crippen LogP contribution in [0.25, 0.3) is 0 Å². The first-order valence-corrected chi connectivity index (χ1v) is 60.8. The summed E-state index contributed by atoms with van der Waals surface area (Å²) in [5.74, 6) is 2.08. The van der Waals surface area contributed by atoms with E-state index >= 15 is 0 Å². The molecule has 2 rings (SSSR count). The maximum Gasteiger partial charge on any atom is 0.575 e. The minimum absolute atomic E-state index is 0.0568. The van der Waals surface area contributed by atoms with Crippen LogP contribution in [0.15, 0.2) is 24.3 Å². The van der Waals surface area contributed by atoms with Crippen LogP contribution >= 0.6 is 0 Å². The number of para-hydroxylation sites is 2. The van der Waals surface area contributed by atoms with Crippen LogP contribution in [0, 0.1) is 0 Å². The molecule has 0 aromatic heterocycles. The molecule has 15 heteroatoms. The maximum atomic E-state index is 7.60. The van der Waals surface area contributed by atoms with Crippen molar-refractivity contribution in [1.29, 1.82) is 0 Å². The summed E-state index contributed by atoms with van der Waals surface area (Å²) in [5, 5.41) is 0. The van der Waals surface area contributed by atoms with Crippen LogP contribution in [0.1, 0.15) is 27.7 Å². The van der Waals surface area contributed by atoms with Crippen molar-refractivity contribution in [3.05, 3.63) is 24.3 Å². The molecule has 0 saturated carbocycles. The number of hydrogen-bond acceptors (Lipinski definition) is 2. The third kappa shape index (κ3) is 11.1. The highest BCUT2D eigenvalue weighted by atomic mass is 29.6. The van der Waals surface area contributed by atoms with E-state index in [0.717, 1.165) is 49.9 Å². The second kappa shape index (κ2) is 17.0. The lowest BCUT2D eigenvalue weighted by Gasteiger charge is -2.64. The van der Waals surface area contributed by atoms with Gasteiger partial charge in [-0.25, -0.2) is 0 Å². The van der Waals surface area contributed by atoms with Crippen molar-refractivity contribution in [3.8, 4) is 11.5 Å². The van der Waals surface area contributed by atoms with Crippen molar-refractivity contribution >= 4 is 102 Å². The Morgan fingerprint density at radius 3 is 0.873 bits per heavy atom. The van der Waals surface area contributed by atoms with Crippen LogP contribution in [0.2, 0.25) is 187 Å². The first-order valence-electron chi connectivity index (χ1n) is 22.1. The van der Waals surface area contributed by atoms with Gasteiger partial charge in [-0.2, -0.15) is 0 Å². The van der Waals surface area contributed by atoms with Crippen LogP contribution in [-0.2, 0) is 0 Å². The van der Waals surface area contributed by atoms with Gasteiger partial charge in [-0.15, -0.1) is 0 Å². The Hall–Kier alpha value is 1.49. The number of hydrogen-bond donors (Lipinski definition) is 0. The van der Waals surface area contributed by atoms with Crippen LogP contribution in [0.4, 0.5) is 0 Å². The summed E-state index contributed by atoms with van der Waals surface area (Å²) in [6, 6.07) is 8.87. The van der Waals surface area contributed by atoms with Gasteiger partial charge >= 0.3 is 6.71 Å². The zero-order valence-corrected chi connectivity index (χ0v) is 54.2. The van der Waals surface area contributed by atoms with Crippen LogP contribution in [-0.4, -0.2) is 102 Å². The first-order chi connectivity index (χ1) is 24.0. The molecular weight excluding hydrogens is 860 g/mol. The molecule has 317 valence electrons. The highest BCUT2D eigenvalue weighted by Gasteiger charge is 2.70. The molecule has 1 aromatic rings. The van der Waals surface area contributed by atoms with Crippen molar-refractivity contribution in [1.82, 2.24) is 0 Å². The predicted molar refractivity (Wildman–Crippen MR) is 288 cm³/mol. The standard InChI is InChI=1S/C40H94BO2Si12/c1-33(2)54(37(46(5,6)7)47(8,9)10,38(48(11,12)13)49(14,15)16)44-45(41-42-35-31-29-30-32-36(35)43-41)55(34(3)4,39(50(17,18)19)51(20,21)22)40(52(23,24)25)53(26,27)28/h29-34,37-40H,1-28H3. The van der Waals surface area contributed by atoms with Gasteiger partial charge < -0.3 is 9.31 Å². The Morgan fingerprint density at radius 2 is 0.673 bits per heavy atom. The van der Waals surface area contributed by atoms with Crippen molar-refractivity contribution < 1.29 is 9.31 Å². The van der Waals surface area contributed by atoms with Gasteiger partial charge in [0.25, 0.3) is 0 Å². The summed E-state index contributed by atoms with van der Waals surface area (Å²) in [5.41, 5.74) is 1.50. The quantitative estimate of drug-likeness (QED) is 0.145. The van der Waals surface area contributed by atoms with Gasteiger partial charge in [-0.3, -0.25) is 0 Å². The van der Waals surface area contributed by atoms with E-state index in [0.29, 0.717) is 0 Å². The van der Waals surface area contributed by atoms with Gasteiger partial charge in [0.05, 0.1) is 22.5 Å².